The van der Waals surface area contributed by atoms with Gasteiger partial charge < -0.3 is 15.0 Å². The van der Waals surface area contributed by atoms with Crippen molar-refractivity contribution in [2.24, 2.45) is 0 Å². The molecule has 1 aliphatic heterocycles. The van der Waals surface area contributed by atoms with Crippen LogP contribution in [-0.4, -0.2) is 27.5 Å². The number of nitrogens with zero attached hydrogens (tertiary/aromatic N) is 2. The van der Waals surface area contributed by atoms with E-state index in [2.05, 4.69) is 23.8 Å². The van der Waals surface area contributed by atoms with Gasteiger partial charge in [0.25, 0.3) is 0 Å². The Balaban J connectivity index is 1.76. The molecule has 0 bridgehead atoms. The molecule has 0 atom stereocenters. The summed E-state index contributed by atoms with van der Waals surface area (Å²) >= 11 is 0. The third kappa shape index (κ3) is 2.17. The zero-order chi connectivity index (χ0) is 16.8. The number of para-hydroxylation sites is 1. The Morgan fingerprint density at radius 3 is 2.58 bits per heavy atom. The van der Waals surface area contributed by atoms with E-state index in [-0.39, 0.29) is 18.1 Å². The molecule has 0 fully saturated rings. The summed E-state index contributed by atoms with van der Waals surface area (Å²) in [5, 5.41) is 18.9. The van der Waals surface area contributed by atoms with Gasteiger partial charge in [-0.15, -0.1) is 0 Å². The molecule has 0 spiro atoms. The minimum atomic E-state index is 0.163. The number of anilines is 1. The molecule has 120 valence electrons. The molecule has 0 unspecified atom stereocenters. The summed E-state index contributed by atoms with van der Waals surface area (Å²) in [5.74, 6) is 0.957. The van der Waals surface area contributed by atoms with E-state index in [9.17, 15) is 5.11 Å². The average Bonchev–Trinajstić information content (AvgIpc) is 3.09. The summed E-state index contributed by atoms with van der Waals surface area (Å²) in [6.45, 7) is 4.39. The molecule has 0 amide bonds. The summed E-state index contributed by atoms with van der Waals surface area (Å²) in [6, 6.07) is 13.7. The van der Waals surface area contributed by atoms with Crippen LogP contribution in [0, 0.1) is 19.3 Å². The van der Waals surface area contributed by atoms with E-state index < -0.39 is 0 Å². The lowest BCUT2D eigenvalue weighted by atomic mass is 10.1. The number of fused-ring (bicyclic) bond motifs is 1. The first-order chi connectivity index (χ1) is 11.5. The predicted molar refractivity (Wildman–Crippen MR) is 96.6 cm³/mol. The Labute approximate surface area is 139 Å². The van der Waals surface area contributed by atoms with Gasteiger partial charge in [-0.1, -0.05) is 18.2 Å². The van der Waals surface area contributed by atoms with Crippen molar-refractivity contribution in [1.82, 2.24) is 9.97 Å². The van der Waals surface area contributed by atoms with Gasteiger partial charge in [0.1, 0.15) is 17.4 Å². The van der Waals surface area contributed by atoms with Crippen LogP contribution in [0.2, 0.25) is 0 Å². The number of rotatable bonds is 2. The Morgan fingerprint density at radius 1 is 1.12 bits per heavy atom. The van der Waals surface area contributed by atoms with E-state index in [1.165, 1.54) is 11.1 Å². The van der Waals surface area contributed by atoms with Crippen LogP contribution in [0.15, 0.2) is 48.2 Å². The number of imidazole rings is 1. The van der Waals surface area contributed by atoms with Gasteiger partial charge in [-0.3, -0.25) is 5.41 Å². The lowest BCUT2D eigenvalue weighted by Crippen LogP contribution is -2.26. The van der Waals surface area contributed by atoms with E-state index in [1.54, 1.807) is 4.90 Å². The predicted octanol–water partition coefficient (Wildman–Crippen LogP) is 3.95. The van der Waals surface area contributed by atoms with Crippen molar-refractivity contribution < 1.29 is 5.11 Å². The van der Waals surface area contributed by atoms with Crippen molar-refractivity contribution in [2.45, 2.75) is 13.8 Å². The van der Waals surface area contributed by atoms with E-state index >= 15 is 0 Å². The average molecular weight is 318 g/mol. The molecule has 2 heterocycles. The van der Waals surface area contributed by atoms with Crippen LogP contribution in [0.1, 0.15) is 17.0 Å². The summed E-state index contributed by atoms with van der Waals surface area (Å²) in [5.41, 5.74) is 5.46. The summed E-state index contributed by atoms with van der Waals surface area (Å²) in [6.07, 6.45) is 0. The number of aryl methyl sites for hydroxylation is 2. The highest BCUT2D eigenvalue weighted by Crippen LogP contribution is 2.31. The summed E-state index contributed by atoms with van der Waals surface area (Å²) in [7, 11) is 0. The molecule has 3 N–H and O–H groups in total. The molecule has 24 heavy (non-hydrogen) atoms. The Morgan fingerprint density at radius 2 is 1.83 bits per heavy atom. The molecule has 5 heteroatoms. The van der Waals surface area contributed by atoms with E-state index in [0.29, 0.717) is 11.4 Å². The molecule has 3 aromatic rings. The van der Waals surface area contributed by atoms with Crippen molar-refractivity contribution in [3.63, 3.8) is 0 Å². The number of aliphatic hydroxyl groups is 1. The van der Waals surface area contributed by atoms with Crippen molar-refractivity contribution >= 4 is 28.1 Å². The Kier molecular flexibility index (Phi) is 3.16. The van der Waals surface area contributed by atoms with Crippen LogP contribution in [0.3, 0.4) is 0 Å². The molecule has 4 rings (SSSR count). The lowest BCUT2D eigenvalue weighted by Gasteiger charge is -2.18. The smallest absolute Gasteiger partial charge is 0.145 e. The van der Waals surface area contributed by atoms with Crippen molar-refractivity contribution in [1.29, 1.82) is 5.41 Å². The number of amidine groups is 1. The normalized spacial score (nSPS) is 14.9. The molecule has 0 saturated heterocycles. The highest BCUT2D eigenvalue weighted by molar-refractivity contribution is 6.30. The van der Waals surface area contributed by atoms with Crippen LogP contribution in [0.25, 0.3) is 16.6 Å². The first-order valence-corrected chi connectivity index (χ1v) is 7.85. The first-order valence-electron chi connectivity index (χ1n) is 7.85. The van der Waals surface area contributed by atoms with Crippen LogP contribution in [-0.2, 0) is 0 Å². The minimum absolute atomic E-state index is 0.163. The molecule has 0 radical (unpaired) electrons. The van der Waals surface area contributed by atoms with Gasteiger partial charge in [0.2, 0.25) is 0 Å². The molecule has 1 aromatic heterocycles. The minimum Gasteiger partial charge on any atom is -0.509 e. The second kappa shape index (κ2) is 5.23. The number of aliphatic hydroxyl groups excluding tert-OH is 1. The number of benzene rings is 2. The van der Waals surface area contributed by atoms with Crippen LogP contribution in [0.5, 0.6) is 0 Å². The highest BCUT2D eigenvalue weighted by Gasteiger charge is 2.31. The molecular weight excluding hydrogens is 300 g/mol. The molecule has 5 nitrogen and oxygen atoms in total. The highest BCUT2D eigenvalue weighted by atomic mass is 16.3. The van der Waals surface area contributed by atoms with Gasteiger partial charge in [0.05, 0.1) is 23.2 Å². The summed E-state index contributed by atoms with van der Waals surface area (Å²) in [4.78, 5) is 9.60. The van der Waals surface area contributed by atoms with Crippen molar-refractivity contribution in [3.05, 3.63) is 65.2 Å². The topological polar surface area (TPSA) is 76.0 Å². The molecular formula is C19H18N4O. The van der Waals surface area contributed by atoms with Gasteiger partial charge >= 0.3 is 0 Å². The van der Waals surface area contributed by atoms with Gasteiger partial charge in [0.15, 0.2) is 0 Å². The maximum Gasteiger partial charge on any atom is 0.145 e. The SMILES string of the molecule is Cc1cc2nc(C3=C(O)CN(c4ccccc4)C3=N)[nH]c2cc1C. The van der Waals surface area contributed by atoms with Crippen LogP contribution >= 0.6 is 0 Å². The van der Waals surface area contributed by atoms with Crippen LogP contribution in [0.4, 0.5) is 5.69 Å². The number of hydrogen-bond acceptors (Lipinski definition) is 3. The zero-order valence-corrected chi connectivity index (χ0v) is 13.6. The zero-order valence-electron chi connectivity index (χ0n) is 13.6. The summed E-state index contributed by atoms with van der Waals surface area (Å²) < 4.78 is 0. The molecule has 2 aromatic carbocycles. The monoisotopic (exact) mass is 318 g/mol. The lowest BCUT2D eigenvalue weighted by molar-refractivity contribution is 0.411. The van der Waals surface area contributed by atoms with Gasteiger partial charge in [-0.05, 0) is 49.2 Å². The fraction of sp³-hybridized carbons (Fsp3) is 0.158. The third-order valence-electron chi connectivity index (χ3n) is 4.51. The number of H-pyrrole nitrogens is 1. The second-order valence-electron chi connectivity index (χ2n) is 6.13. The standard InChI is InChI=1S/C19H18N4O/c1-11-8-14-15(9-12(11)2)22-19(21-14)17-16(24)10-23(18(17)20)13-6-4-3-5-7-13/h3-9,20,24H,10H2,1-2H3,(H,21,22). The number of aromatic nitrogens is 2. The van der Waals surface area contributed by atoms with Gasteiger partial charge in [-0.25, -0.2) is 4.98 Å². The largest absolute Gasteiger partial charge is 0.509 e. The molecule has 0 saturated carbocycles. The van der Waals surface area contributed by atoms with Gasteiger partial charge in [-0.2, -0.15) is 0 Å². The number of hydrogen-bond donors (Lipinski definition) is 3. The molecule has 1 aliphatic rings. The van der Waals surface area contributed by atoms with Gasteiger partial charge in [0, 0.05) is 5.69 Å². The van der Waals surface area contributed by atoms with Crippen molar-refractivity contribution in [2.75, 3.05) is 11.4 Å². The van der Waals surface area contributed by atoms with Crippen LogP contribution < -0.4 is 4.90 Å². The third-order valence-corrected chi connectivity index (χ3v) is 4.51. The Bertz CT molecular complexity index is 946. The maximum atomic E-state index is 10.4. The maximum absolute atomic E-state index is 10.4. The molecule has 0 aliphatic carbocycles. The van der Waals surface area contributed by atoms with Crippen molar-refractivity contribution in [3.8, 4) is 0 Å². The Hall–Kier alpha value is -3.08. The number of nitrogens with one attached hydrogen (secondary N) is 2. The van der Waals surface area contributed by atoms with E-state index in [1.807, 2.05) is 42.5 Å². The first kappa shape index (κ1) is 14.5. The fourth-order valence-corrected chi connectivity index (χ4v) is 3.04. The number of aromatic amines is 1. The quantitative estimate of drug-likeness (QED) is 0.669. The second-order valence-corrected chi connectivity index (χ2v) is 6.13. The van der Waals surface area contributed by atoms with E-state index in [4.69, 9.17) is 5.41 Å². The fourth-order valence-electron chi connectivity index (χ4n) is 3.04. The van der Waals surface area contributed by atoms with E-state index in [0.717, 1.165) is 16.7 Å².